The van der Waals surface area contributed by atoms with E-state index in [2.05, 4.69) is 52.2 Å². The van der Waals surface area contributed by atoms with E-state index in [0.717, 1.165) is 12.8 Å². The van der Waals surface area contributed by atoms with Gasteiger partial charge in [-0.3, -0.25) is 0 Å². The Morgan fingerprint density at radius 3 is 1.41 bits per heavy atom. The average molecular weight is 574 g/mol. The number of amides is 2. The van der Waals surface area contributed by atoms with Crippen LogP contribution in [0.1, 0.15) is 67.2 Å². The summed E-state index contributed by atoms with van der Waals surface area (Å²) < 4.78 is 12.5. The second-order valence-electron chi connectivity index (χ2n) is 12.7. The third kappa shape index (κ3) is 2.13. The van der Waals surface area contributed by atoms with Crippen LogP contribution in [0.15, 0.2) is 0 Å². The topological polar surface area (TPSA) is 76.7 Å². The summed E-state index contributed by atoms with van der Waals surface area (Å²) >= 11 is 0.728. The van der Waals surface area contributed by atoms with Crippen molar-refractivity contribution >= 4 is 38.4 Å². The van der Waals surface area contributed by atoms with Gasteiger partial charge in [-0.15, -0.1) is 0 Å². The third-order valence-corrected chi connectivity index (χ3v) is 21.7. The zero-order valence-corrected chi connectivity index (χ0v) is 23.4. The predicted molar refractivity (Wildman–Crippen MR) is 123 cm³/mol. The first kappa shape index (κ1) is 22.1. The number of hydrogen-bond donors (Lipinski definition) is 2. The van der Waals surface area contributed by atoms with Crippen molar-refractivity contribution in [1.82, 2.24) is 10.6 Å². The first-order chi connectivity index (χ1) is 14.9. The zero-order chi connectivity index (χ0) is 22.9. The molecule has 32 heavy (non-hydrogen) atoms. The molecule has 6 unspecified atom stereocenters. The standard InChI is InChI=1S/C24H36N2O4Se2/c1-19(2)13-7-9-21(19,5)23(11-25-17(27)29-23)15(13)31-32-16-14-8-10-22(6,20(14,3)4)24(16)12-26-18(28)30-24/h13-16H,7-12H2,1-6H3,(H,25,27)(H,26,28)/t13?,14?,15?,16?,21-,22-,23?,24?/m1/s1. The Labute approximate surface area is 202 Å². The fourth-order valence-electron chi connectivity index (χ4n) is 9.15. The second kappa shape index (κ2) is 6.22. The number of carbonyl (C=O) groups excluding carboxylic acids is 2. The van der Waals surface area contributed by atoms with Crippen molar-refractivity contribution in [2.24, 2.45) is 33.5 Å². The molecule has 6 rings (SSSR count). The molecule has 4 bridgehead atoms. The van der Waals surface area contributed by atoms with Gasteiger partial charge in [-0.25, -0.2) is 0 Å². The fourth-order valence-corrected chi connectivity index (χ4v) is 23.4. The summed E-state index contributed by atoms with van der Waals surface area (Å²) in [5.74, 6) is 1.20. The van der Waals surface area contributed by atoms with Crippen molar-refractivity contribution in [3.05, 3.63) is 0 Å². The average Bonchev–Trinajstić information content (AvgIpc) is 3.45. The Kier molecular flexibility index (Phi) is 4.29. The molecule has 2 spiro atoms. The summed E-state index contributed by atoms with van der Waals surface area (Å²) in [5.41, 5.74) is -0.363. The molecular weight excluding hydrogens is 538 g/mol. The Morgan fingerprint density at radius 1 is 0.719 bits per heavy atom. The third-order valence-electron chi connectivity index (χ3n) is 11.9. The van der Waals surface area contributed by atoms with Crippen LogP contribution >= 0.6 is 0 Å². The number of hydrogen-bond acceptors (Lipinski definition) is 4. The number of rotatable bonds is 3. The Bertz CT molecular complexity index is 838. The predicted octanol–water partition coefficient (Wildman–Crippen LogP) is 3.76. The Balaban J connectivity index is 1.34. The summed E-state index contributed by atoms with van der Waals surface area (Å²) in [6.07, 6.45) is 4.29. The van der Waals surface area contributed by atoms with Crippen LogP contribution in [0.25, 0.3) is 0 Å². The van der Waals surface area contributed by atoms with Crippen molar-refractivity contribution in [3.8, 4) is 0 Å². The summed E-state index contributed by atoms with van der Waals surface area (Å²) in [7, 11) is 0. The van der Waals surface area contributed by atoms with E-state index in [1.54, 1.807) is 0 Å². The number of alkyl carbamates (subject to hydrolysis) is 2. The number of nitrogens with one attached hydrogen (secondary N) is 2. The van der Waals surface area contributed by atoms with Gasteiger partial charge < -0.3 is 0 Å². The van der Waals surface area contributed by atoms with E-state index in [0.29, 0.717) is 60.8 Å². The quantitative estimate of drug-likeness (QED) is 0.504. The van der Waals surface area contributed by atoms with Gasteiger partial charge in [0, 0.05) is 0 Å². The molecule has 2 amide bonds. The molecule has 0 radical (unpaired) electrons. The molecule has 2 aliphatic heterocycles. The van der Waals surface area contributed by atoms with Crippen LogP contribution < -0.4 is 10.6 Å². The summed E-state index contributed by atoms with van der Waals surface area (Å²) in [5, 5.41) is 6.07. The summed E-state index contributed by atoms with van der Waals surface area (Å²) in [6.45, 7) is 15.7. The van der Waals surface area contributed by atoms with Gasteiger partial charge in [0.05, 0.1) is 0 Å². The van der Waals surface area contributed by atoms with E-state index in [4.69, 9.17) is 9.47 Å². The monoisotopic (exact) mass is 576 g/mol. The van der Waals surface area contributed by atoms with Gasteiger partial charge >= 0.3 is 203 Å². The fraction of sp³-hybridized carbons (Fsp3) is 0.917. The number of fused-ring (bicyclic) bond motifs is 6. The van der Waals surface area contributed by atoms with Gasteiger partial charge in [0.1, 0.15) is 0 Å². The molecular formula is C24H36N2O4Se2. The van der Waals surface area contributed by atoms with Crippen LogP contribution in [0, 0.1) is 33.5 Å². The van der Waals surface area contributed by atoms with Gasteiger partial charge in [0.2, 0.25) is 0 Å². The van der Waals surface area contributed by atoms with E-state index in [-0.39, 0.29) is 45.0 Å². The maximum atomic E-state index is 12.3. The Morgan fingerprint density at radius 2 is 1.09 bits per heavy atom. The molecule has 0 aromatic rings. The summed E-state index contributed by atoms with van der Waals surface area (Å²) in [6, 6.07) is 0. The SMILES string of the molecule is CC1(C)C2CC[C@@]1(C)C1(CNC(=O)O1)C2[Se][Se]C1C2CC[C@](C)(C2(C)C)C12CNC(=O)O2. The molecule has 6 aliphatic rings. The van der Waals surface area contributed by atoms with Crippen molar-refractivity contribution in [2.45, 2.75) is 88.1 Å². The molecule has 4 aliphatic carbocycles. The summed E-state index contributed by atoms with van der Waals surface area (Å²) in [4.78, 5) is 25.5. The molecule has 8 heteroatoms. The molecule has 178 valence electrons. The van der Waals surface area contributed by atoms with Crippen LogP contribution in [0.3, 0.4) is 0 Å². The van der Waals surface area contributed by atoms with Crippen LogP contribution in [0.2, 0.25) is 9.63 Å². The minimum atomic E-state index is -0.368. The van der Waals surface area contributed by atoms with Gasteiger partial charge in [0.15, 0.2) is 0 Å². The molecule has 0 aromatic heterocycles. The maximum absolute atomic E-state index is 12.3. The van der Waals surface area contributed by atoms with Crippen LogP contribution in [-0.2, 0) is 9.47 Å². The van der Waals surface area contributed by atoms with Gasteiger partial charge in [-0.05, 0) is 0 Å². The molecule has 2 saturated heterocycles. The Hall–Kier alpha value is -0.421. The van der Waals surface area contributed by atoms with E-state index in [1.807, 2.05) is 0 Å². The number of ether oxygens (including phenoxy) is 2. The molecule has 0 aromatic carbocycles. The first-order valence-corrected chi connectivity index (χ1v) is 18.4. The molecule has 4 saturated carbocycles. The van der Waals surface area contributed by atoms with Crippen LogP contribution in [0.4, 0.5) is 9.59 Å². The van der Waals surface area contributed by atoms with Crippen molar-refractivity contribution in [2.75, 3.05) is 13.1 Å². The van der Waals surface area contributed by atoms with Crippen molar-refractivity contribution in [1.29, 1.82) is 0 Å². The van der Waals surface area contributed by atoms with E-state index >= 15 is 0 Å². The molecule has 6 nitrogen and oxygen atoms in total. The van der Waals surface area contributed by atoms with Gasteiger partial charge in [-0.1, -0.05) is 0 Å². The van der Waals surface area contributed by atoms with Crippen LogP contribution in [0.5, 0.6) is 0 Å². The van der Waals surface area contributed by atoms with Gasteiger partial charge in [-0.2, -0.15) is 0 Å². The van der Waals surface area contributed by atoms with E-state index in [9.17, 15) is 9.59 Å². The van der Waals surface area contributed by atoms with E-state index < -0.39 is 0 Å². The van der Waals surface area contributed by atoms with Gasteiger partial charge in [0.25, 0.3) is 0 Å². The van der Waals surface area contributed by atoms with Crippen molar-refractivity contribution in [3.63, 3.8) is 0 Å². The molecule has 2 N–H and O–H groups in total. The second-order valence-corrected chi connectivity index (χ2v) is 19.8. The van der Waals surface area contributed by atoms with E-state index in [1.165, 1.54) is 12.8 Å². The molecule has 2 heterocycles. The zero-order valence-electron chi connectivity index (χ0n) is 20.0. The number of carbonyl (C=O) groups is 2. The minimum absolute atomic E-state index is 0.0192. The first-order valence-electron chi connectivity index (χ1n) is 12.1. The van der Waals surface area contributed by atoms with Crippen LogP contribution in [-0.4, -0.2) is 62.7 Å². The molecule has 8 atom stereocenters. The molecule has 6 fully saturated rings. The van der Waals surface area contributed by atoms with Crippen molar-refractivity contribution < 1.29 is 19.1 Å². The normalized spacial score (nSPS) is 53.7.